The first-order valence-electron chi connectivity index (χ1n) is 7.84. The fraction of sp³-hybridized carbons (Fsp3) is 0.158. The second-order valence-corrected chi connectivity index (χ2v) is 5.34. The van der Waals surface area contributed by atoms with Crippen molar-refractivity contribution < 1.29 is 19.1 Å². The third-order valence-corrected chi connectivity index (χ3v) is 3.44. The molecule has 7 nitrogen and oxygen atoms in total. The molecule has 0 aliphatic rings. The Kier molecular flexibility index (Phi) is 6.61. The fourth-order valence-corrected chi connectivity index (χ4v) is 2.16. The summed E-state index contributed by atoms with van der Waals surface area (Å²) in [6.07, 6.45) is 0.00885. The van der Waals surface area contributed by atoms with Crippen LogP contribution in [0.25, 0.3) is 0 Å². The molecule has 2 aromatic carbocycles. The number of hydrogen-bond acceptors (Lipinski definition) is 5. The van der Waals surface area contributed by atoms with Crippen LogP contribution in [0.4, 0.5) is 5.69 Å². The van der Waals surface area contributed by atoms with Crippen LogP contribution >= 0.6 is 0 Å². The molecule has 0 saturated carbocycles. The summed E-state index contributed by atoms with van der Waals surface area (Å²) in [6.45, 7) is 3.73. The van der Waals surface area contributed by atoms with E-state index in [2.05, 4.69) is 22.7 Å². The lowest BCUT2D eigenvalue weighted by Crippen LogP contribution is -2.37. The molecule has 0 aliphatic heterocycles. The predicted molar refractivity (Wildman–Crippen MR) is 99.0 cm³/mol. The second kappa shape index (κ2) is 9.12. The van der Waals surface area contributed by atoms with Gasteiger partial charge in [0.15, 0.2) is 0 Å². The molecule has 0 spiro atoms. The van der Waals surface area contributed by atoms with E-state index in [0.29, 0.717) is 28.4 Å². The summed E-state index contributed by atoms with van der Waals surface area (Å²) in [4.78, 5) is 24.2. The van der Waals surface area contributed by atoms with Crippen molar-refractivity contribution in [3.05, 3.63) is 66.4 Å². The van der Waals surface area contributed by atoms with Gasteiger partial charge in [-0.3, -0.25) is 15.0 Å². The number of methoxy groups -OCH3 is 2. The first-order valence-corrected chi connectivity index (χ1v) is 7.84. The number of hydrogen-bond donors (Lipinski definition) is 3. The van der Waals surface area contributed by atoms with E-state index in [1.165, 1.54) is 14.2 Å². The molecule has 0 unspecified atom stereocenters. The zero-order valence-corrected chi connectivity index (χ0v) is 14.7. The number of benzene rings is 2. The van der Waals surface area contributed by atoms with Crippen LogP contribution in [0.15, 0.2) is 60.8 Å². The van der Waals surface area contributed by atoms with Crippen LogP contribution in [0, 0.1) is 0 Å². The van der Waals surface area contributed by atoms with Gasteiger partial charge >= 0.3 is 0 Å². The Morgan fingerprint density at radius 1 is 1.00 bits per heavy atom. The molecule has 0 saturated heterocycles. The van der Waals surface area contributed by atoms with Gasteiger partial charge in [0.2, 0.25) is 5.91 Å². The quantitative estimate of drug-likeness (QED) is 0.633. The van der Waals surface area contributed by atoms with Gasteiger partial charge < -0.3 is 20.2 Å². The number of nitrogens with one attached hydrogen (secondary N) is 3. The van der Waals surface area contributed by atoms with E-state index >= 15 is 0 Å². The lowest BCUT2D eigenvalue weighted by Gasteiger charge is -2.13. The molecular formula is C19H21N3O4. The maximum atomic E-state index is 12.3. The van der Waals surface area contributed by atoms with Gasteiger partial charge in [-0.05, 0) is 24.3 Å². The van der Waals surface area contributed by atoms with Crippen molar-refractivity contribution >= 4 is 17.5 Å². The SMILES string of the molecule is C=C(CC(=O)Nc1ccccc1)NNC(=O)c1ccc(OC)cc1OC. The van der Waals surface area contributed by atoms with Crippen molar-refractivity contribution in [2.45, 2.75) is 6.42 Å². The monoisotopic (exact) mass is 355 g/mol. The molecule has 0 aromatic heterocycles. The average Bonchev–Trinajstić information content (AvgIpc) is 2.66. The van der Waals surface area contributed by atoms with Gasteiger partial charge in [0, 0.05) is 17.5 Å². The lowest BCUT2D eigenvalue weighted by molar-refractivity contribution is -0.115. The molecule has 0 fully saturated rings. The Morgan fingerprint density at radius 2 is 1.73 bits per heavy atom. The van der Waals surface area contributed by atoms with Crippen molar-refractivity contribution in [3.8, 4) is 11.5 Å². The van der Waals surface area contributed by atoms with E-state index in [1.54, 1.807) is 30.3 Å². The number of amides is 2. The van der Waals surface area contributed by atoms with Crippen LogP contribution in [0.1, 0.15) is 16.8 Å². The van der Waals surface area contributed by atoms with Crippen LogP contribution in [-0.4, -0.2) is 26.0 Å². The smallest absolute Gasteiger partial charge is 0.273 e. The van der Waals surface area contributed by atoms with E-state index < -0.39 is 5.91 Å². The molecule has 0 aliphatic carbocycles. The van der Waals surface area contributed by atoms with Gasteiger partial charge in [0.05, 0.1) is 26.2 Å². The number of carbonyl (C=O) groups is 2. The predicted octanol–water partition coefficient (Wildman–Crippen LogP) is 2.48. The zero-order chi connectivity index (χ0) is 18.9. The summed E-state index contributed by atoms with van der Waals surface area (Å²) in [5.41, 5.74) is 6.49. The minimum absolute atomic E-state index is 0.00885. The Labute approximate surface area is 152 Å². The van der Waals surface area contributed by atoms with Crippen LogP contribution in [0.2, 0.25) is 0 Å². The first-order chi connectivity index (χ1) is 12.5. The van der Waals surface area contributed by atoms with Crippen molar-refractivity contribution in [1.29, 1.82) is 0 Å². The number of ether oxygens (including phenoxy) is 2. The summed E-state index contributed by atoms with van der Waals surface area (Å²) in [5.74, 6) is 0.281. The molecule has 136 valence electrons. The molecule has 0 radical (unpaired) electrons. The lowest BCUT2D eigenvalue weighted by atomic mass is 10.2. The number of para-hydroxylation sites is 1. The van der Waals surface area contributed by atoms with Gasteiger partial charge in [-0.25, -0.2) is 0 Å². The van der Waals surface area contributed by atoms with Gasteiger partial charge in [-0.15, -0.1) is 0 Å². The van der Waals surface area contributed by atoms with Gasteiger partial charge in [0.25, 0.3) is 5.91 Å². The molecule has 0 atom stereocenters. The molecule has 0 heterocycles. The van der Waals surface area contributed by atoms with Gasteiger partial charge in [0.1, 0.15) is 11.5 Å². The van der Waals surface area contributed by atoms with Crippen LogP contribution in [-0.2, 0) is 4.79 Å². The summed E-state index contributed by atoms with van der Waals surface area (Å²) in [6, 6.07) is 13.9. The largest absolute Gasteiger partial charge is 0.497 e. The number of carbonyl (C=O) groups excluding carboxylic acids is 2. The Hall–Kier alpha value is -3.48. The highest BCUT2D eigenvalue weighted by Gasteiger charge is 2.13. The highest BCUT2D eigenvalue weighted by Crippen LogP contribution is 2.24. The molecule has 7 heteroatoms. The van der Waals surface area contributed by atoms with Gasteiger partial charge in [-0.2, -0.15) is 0 Å². The van der Waals surface area contributed by atoms with Crippen molar-refractivity contribution in [2.75, 3.05) is 19.5 Å². The van der Waals surface area contributed by atoms with E-state index in [9.17, 15) is 9.59 Å². The van der Waals surface area contributed by atoms with Crippen LogP contribution in [0.3, 0.4) is 0 Å². The number of anilines is 1. The number of hydrazine groups is 1. The minimum Gasteiger partial charge on any atom is -0.497 e. The van der Waals surface area contributed by atoms with Crippen molar-refractivity contribution in [1.82, 2.24) is 10.9 Å². The Morgan fingerprint density at radius 3 is 2.38 bits per heavy atom. The first kappa shape index (κ1) is 18.9. The minimum atomic E-state index is -0.422. The molecule has 3 N–H and O–H groups in total. The second-order valence-electron chi connectivity index (χ2n) is 5.34. The maximum absolute atomic E-state index is 12.3. The number of rotatable bonds is 8. The molecule has 2 aromatic rings. The van der Waals surface area contributed by atoms with Crippen LogP contribution in [0.5, 0.6) is 11.5 Å². The fourth-order valence-electron chi connectivity index (χ4n) is 2.16. The Balaban J connectivity index is 1.87. The average molecular weight is 355 g/mol. The molecule has 0 bridgehead atoms. The molecular weight excluding hydrogens is 334 g/mol. The van der Waals surface area contributed by atoms with Crippen LogP contribution < -0.4 is 25.6 Å². The van der Waals surface area contributed by atoms with E-state index in [-0.39, 0.29) is 12.3 Å². The summed E-state index contributed by atoms with van der Waals surface area (Å²) < 4.78 is 10.3. The third kappa shape index (κ3) is 5.27. The highest BCUT2D eigenvalue weighted by atomic mass is 16.5. The molecule has 2 amide bonds. The van der Waals surface area contributed by atoms with Crippen molar-refractivity contribution in [2.24, 2.45) is 0 Å². The third-order valence-electron chi connectivity index (χ3n) is 3.44. The summed E-state index contributed by atoms with van der Waals surface area (Å²) in [7, 11) is 2.99. The topological polar surface area (TPSA) is 88.7 Å². The van der Waals surface area contributed by atoms with Crippen molar-refractivity contribution in [3.63, 3.8) is 0 Å². The molecule has 2 rings (SSSR count). The normalized spacial score (nSPS) is 9.77. The standard InChI is InChI=1S/C19H21N3O4/c1-13(11-18(23)20-14-7-5-4-6-8-14)21-22-19(24)16-10-9-15(25-2)12-17(16)26-3/h4-10,12,21H,1,11H2,2-3H3,(H,20,23)(H,22,24). The van der Waals surface area contributed by atoms with E-state index in [1.807, 2.05) is 18.2 Å². The highest BCUT2D eigenvalue weighted by molar-refractivity contribution is 5.97. The maximum Gasteiger partial charge on any atom is 0.273 e. The van der Waals surface area contributed by atoms with E-state index in [4.69, 9.17) is 9.47 Å². The summed E-state index contributed by atoms with van der Waals surface area (Å²) >= 11 is 0. The zero-order valence-electron chi connectivity index (χ0n) is 14.7. The summed E-state index contributed by atoms with van der Waals surface area (Å²) in [5, 5.41) is 2.74. The van der Waals surface area contributed by atoms with Gasteiger partial charge in [-0.1, -0.05) is 24.8 Å². The molecule has 26 heavy (non-hydrogen) atoms. The van der Waals surface area contributed by atoms with E-state index in [0.717, 1.165) is 0 Å². The Bertz CT molecular complexity index is 791.